The molecule has 0 unspecified atom stereocenters. The van der Waals surface area contributed by atoms with Crippen LogP contribution in [0.25, 0.3) is 17.0 Å². The highest BCUT2D eigenvalue weighted by Gasteiger charge is 2.30. The largest absolute Gasteiger partial charge is 0.497 e. The van der Waals surface area contributed by atoms with Crippen LogP contribution < -0.4 is 14.2 Å². The highest BCUT2D eigenvalue weighted by molar-refractivity contribution is 6.15. The fraction of sp³-hybridized carbons (Fsp3) is 0.207. The summed E-state index contributed by atoms with van der Waals surface area (Å²) in [5.41, 5.74) is 5.68. The molecule has 3 aromatic carbocycles. The summed E-state index contributed by atoms with van der Waals surface area (Å²) >= 11 is 0. The summed E-state index contributed by atoms with van der Waals surface area (Å²) in [6, 6.07) is 17.8. The molecule has 2 heterocycles. The first-order valence-electron chi connectivity index (χ1n) is 11.4. The maximum atomic E-state index is 13.1. The average molecular weight is 454 g/mol. The minimum Gasteiger partial charge on any atom is -0.497 e. The van der Waals surface area contributed by atoms with Crippen molar-refractivity contribution in [3.05, 3.63) is 94.4 Å². The van der Waals surface area contributed by atoms with Crippen molar-refractivity contribution in [1.82, 2.24) is 4.57 Å². The van der Waals surface area contributed by atoms with Gasteiger partial charge in [-0.1, -0.05) is 29.8 Å². The van der Waals surface area contributed by atoms with E-state index in [1.165, 1.54) is 5.56 Å². The Balaban J connectivity index is 1.45. The fourth-order valence-electron chi connectivity index (χ4n) is 4.32. The van der Waals surface area contributed by atoms with Crippen LogP contribution in [0.2, 0.25) is 0 Å². The van der Waals surface area contributed by atoms with E-state index in [4.69, 9.17) is 14.2 Å². The zero-order valence-electron chi connectivity index (χ0n) is 19.8. The molecular formula is C29H27NO4. The summed E-state index contributed by atoms with van der Waals surface area (Å²) in [6.45, 7) is 7.35. The molecule has 0 radical (unpaired) electrons. The summed E-state index contributed by atoms with van der Waals surface area (Å²) < 4.78 is 19.7. The van der Waals surface area contributed by atoms with Crippen molar-refractivity contribution in [2.24, 2.45) is 0 Å². The van der Waals surface area contributed by atoms with Gasteiger partial charge in [0.2, 0.25) is 5.78 Å². The Hall–Kier alpha value is -3.99. The molecule has 1 aromatic heterocycles. The van der Waals surface area contributed by atoms with Crippen molar-refractivity contribution in [2.45, 2.75) is 33.9 Å². The number of aryl methyl sites for hydroxylation is 2. The quantitative estimate of drug-likeness (QED) is 0.314. The number of carbonyl (C=O) groups is 1. The minimum atomic E-state index is -0.122. The molecule has 1 aliphatic heterocycles. The second kappa shape index (κ2) is 8.75. The lowest BCUT2D eigenvalue weighted by atomic mass is 10.1. The van der Waals surface area contributed by atoms with Crippen LogP contribution >= 0.6 is 0 Å². The molecule has 4 aromatic rings. The van der Waals surface area contributed by atoms with Crippen LogP contribution in [0.4, 0.5) is 0 Å². The predicted octanol–water partition coefficient (Wildman–Crippen LogP) is 6.48. The molecule has 172 valence electrons. The van der Waals surface area contributed by atoms with Gasteiger partial charge in [-0.25, -0.2) is 0 Å². The summed E-state index contributed by atoms with van der Waals surface area (Å²) in [4.78, 5) is 13.1. The molecule has 0 aliphatic carbocycles. The maximum Gasteiger partial charge on any atom is 0.231 e. The number of carbonyl (C=O) groups excluding carboxylic acids is 1. The van der Waals surface area contributed by atoms with Crippen LogP contribution in [0.1, 0.15) is 39.5 Å². The molecule has 0 bridgehead atoms. The molecule has 0 spiro atoms. The van der Waals surface area contributed by atoms with E-state index in [0.29, 0.717) is 29.4 Å². The van der Waals surface area contributed by atoms with Crippen LogP contribution in [-0.4, -0.2) is 17.5 Å². The van der Waals surface area contributed by atoms with E-state index in [-0.39, 0.29) is 5.78 Å². The Morgan fingerprint density at radius 2 is 1.82 bits per heavy atom. The van der Waals surface area contributed by atoms with Gasteiger partial charge in [0, 0.05) is 34.8 Å². The lowest BCUT2D eigenvalue weighted by molar-refractivity contribution is 0.101. The first kappa shape index (κ1) is 21.8. The second-order valence-electron chi connectivity index (χ2n) is 8.53. The molecule has 5 heteroatoms. The molecule has 0 saturated heterocycles. The van der Waals surface area contributed by atoms with Crippen molar-refractivity contribution in [2.75, 3.05) is 7.11 Å². The van der Waals surface area contributed by atoms with Gasteiger partial charge < -0.3 is 18.8 Å². The fourth-order valence-corrected chi connectivity index (χ4v) is 4.32. The highest BCUT2D eigenvalue weighted by atomic mass is 16.5. The van der Waals surface area contributed by atoms with E-state index in [0.717, 1.165) is 39.9 Å². The number of methoxy groups -OCH3 is 1. The Labute approximate surface area is 199 Å². The van der Waals surface area contributed by atoms with Gasteiger partial charge in [0.05, 0.1) is 12.7 Å². The standard InChI is InChI=1S/C29H27NO4/c1-5-30-16-21(24-15-22(32-4)10-12-25(24)30)14-27-28(31)23-11-13-26(19(3)29(23)34-27)33-17-20-8-6-18(2)7-9-20/h6-16H,5,17H2,1-4H3/b27-14-. The SMILES string of the molecule is CCn1cc(/C=C2\Oc3c(ccc(OCc4ccc(C)cc4)c3C)C2=O)c2cc(OC)ccc21. The number of ether oxygens (including phenoxy) is 3. The van der Waals surface area contributed by atoms with Crippen LogP contribution in [0.3, 0.4) is 0 Å². The molecule has 0 fully saturated rings. The number of hydrogen-bond acceptors (Lipinski definition) is 4. The van der Waals surface area contributed by atoms with Crippen molar-refractivity contribution in [3.63, 3.8) is 0 Å². The maximum absolute atomic E-state index is 13.1. The number of rotatable bonds is 6. The van der Waals surface area contributed by atoms with Gasteiger partial charge in [-0.3, -0.25) is 4.79 Å². The number of hydrogen-bond donors (Lipinski definition) is 0. The van der Waals surface area contributed by atoms with Gasteiger partial charge >= 0.3 is 0 Å². The third kappa shape index (κ3) is 3.83. The molecule has 0 N–H and O–H groups in total. The third-order valence-corrected chi connectivity index (χ3v) is 6.30. The number of fused-ring (bicyclic) bond motifs is 2. The van der Waals surface area contributed by atoms with E-state index in [1.54, 1.807) is 13.2 Å². The number of aromatic nitrogens is 1. The summed E-state index contributed by atoms with van der Waals surface area (Å²) in [7, 11) is 1.65. The monoisotopic (exact) mass is 453 g/mol. The van der Waals surface area contributed by atoms with E-state index >= 15 is 0 Å². The molecule has 0 saturated carbocycles. The molecule has 0 amide bonds. The van der Waals surface area contributed by atoms with Gasteiger partial charge in [0.1, 0.15) is 23.9 Å². The van der Waals surface area contributed by atoms with Crippen LogP contribution in [-0.2, 0) is 13.2 Å². The molecular weight excluding hydrogens is 426 g/mol. The Kier molecular flexibility index (Phi) is 5.62. The number of Topliss-reactive ketones (excluding diaryl/α,β-unsaturated/α-hetero) is 1. The smallest absolute Gasteiger partial charge is 0.231 e. The number of benzene rings is 3. The molecule has 34 heavy (non-hydrogen) atoms. The third-order valence-electron chi connectivity index (χ3n) is 6.30. The van der Waals surface area contributed by atoms with Gasteiger partial charge in [-0.05, 0) is 62.7 Å². The number of allylic oxidation sites excluding steroid dienone is 1. The lowest BCUT2D eigenvalue weighted by Gasteiger charge is -2.11. The van der Waals surface area contributed by atoms with Gasteiger partial charge in [0.25, 0.3) is 0 Å². The summed E-state index contributed by atoms with van der Waals surface area (Å²) in [5.74, 6) is 2.24. The van der Waals surface area contributed by atoms with Crippen molar-refractivity contribution in [3.8, 4) is 17.2 Å². The molecule has 0 atom stereocenters. The van der Waals surface area contributed by atoms with Gasteiger partial charge in [-0.2, -0.15) is 0 Å². The zero-order valence-corrected chi connectivity index (χ0v) is 19.8. The lowest BCUT2D eigenvalue weighted by Crippen LogP contribution is -1.98. The van der Waals surface area contributed by atoms with Crippen LogP contribution in [0.15, 0.2) is 66.6 Å². The Morgan fingerprint density at radius 1 is 1.03 bits per heavy atom. The summed E-state index contributed by atoms with van der Waals surface area (Å²) in [5, 5.41) is 1.01. The minimum absolute atomic E-state index is 0.122. The Bertz CT molecular complexity index is 1430. The Morgan fingerprint density at radius 3 is 2.56 bits per heavy atom. The van der Waals surface area contributed by atoms with Crippen LogP contribution in [0.5, 0.6) is 17.2 Å². The number of nitrogens with zero attached hydrogens (tertiary/aromatic N) is 1. The number of ketones is 1. The van der Waals surface area contributed by atoms with Crippen molar-refractivity contribution in [1.29, 1.82) is 0 Å². The van der Waals surface area contributed by atoms with Crippen molar-refractivity contribution >= 4 is 22.8 Å². The van der Waals surface area contributed by atoms with Gasteiger partial charge in [-0.15, -0.1) is 0 Å². The van der Waals surface area contributed by atoms with E-state index < -0.39 is 0 Å². The highest BCUT2D eigenvalue weighted by Crippen LogP contribution is 2.40. The molecule has 1 aliphatic rings. The van der Waals surface area contributed by atoms with E-state index in [1.807, 2.05) is 43.5 Å². The predicted molar refractivity (Wildman–Crippen MR) is 134 cm³/mol. The normalized spacial score (nSPS) is 13.9. The van der Waals surface area contributed by atoms with Crippen LogP contribution in [0, 0.1) is 13.8 Å². The first-order chi connectivity index (χ1) is 16.5. The molecule has 5 nitrogen and oxygen atoms in total. The average Bonchev–Trinajstić information content (AvgIpc) is 3.37. The van der Waals surface area contributed by atoms with E-state index in [9.17, 15) is 4.79 Å². The second-order valence-corrected chi connectivity index (χ2v) is 8.53. The summed E-state index contributed by atoms with van der Waals surface area (Å²) in [6.07, 6.45) is 3.86. The van der Waals surface area contributed by atoms with E-state index in [2.05, 4.69) is 42.7 Å². The topological polar surface area (TPSA) is 49.7 Å². The zero-order chi connectivity index (χ0) is 23.8. The molecule has 5 rings (SSSR count). The van der Waals surface area contributed by atoms with Gasteiger partial charge in [0.15, 0.2) is 5.76 Å². The van der Waals surface area contributed by atoms with Crippen molar-refractivity contribution < 1.29 is 19.0 Å². The first-order valence-corrected chi connectivity index (χ1v) is 11.4.